The first-order chi connectivity index (χ1) is 9.04. The van der Waals surface area contributed by atoms with Crippen LogP contribution in [0.3, 0.4) is 0 Å². The number of nitriles is 1. The smallest absolute Gasteiger partial charge is 0.252 e. The predicted molar refractivity (Wildman–Crippen MR) is 80.7 cm³/mol. The molecule has 1 N–H and O–H groups in total. The van der Waals surface area contributed by atoms with Crippen molar-refractivity contribution in [3.05, 3.63) is 32.7 Å². The Labute approximate surface area is 129 Å². The molecule has 1 aliphatic rings. The van der Waals surface area contributed by atoms with Crippen LogP contribution in [0.25, 0.3) is 0 Å². The SMILES string of the molecule is N#CC1(NC(=O)c2cc(Br)cc(Br)c2)CCCCC1. The van der Waals surface area contributed by atoms with Gasteiger partial charge < -0.3 is 5.32 Å². The third-order valence-corrected chi connectivity index (χ3v) is 4.31. The number of benzene rings is 1. The molecule has 2 rings (SSSR count). The van der Waals surface area contributed by atoms with Crippen LogP contribution in [0.15, 0.2) is 27.1 Å². The number of carbonyl (C=O) groups is 1. The molecule has 0 bridgehead atoms. The highest BCUT2D eigenvalue weighted by molar-refractivity contribution is 9.11. The van der Waals surface area contributed by atoms with Gasteiger partial charge in [0.25, 0.3) is 5.91 Å². The first kappa shape index (κ1) is 14.5. The Morgan fingerprint density at radius 1 is 1.16 bits per heavy atom. The molecule has 0 unspecified atom stereocenters. The van der Waals surface area contributed by atoms with E-state index in [-0.39, 0.29) is 5.91 Å². The topological polar surface area (TPSA) is 52.9 Å². The van der Waals surface area contributed by atoms with Crippen molar-refractivity contribution in [1.29, 1.82) is 5.26 Å². The zero-order valence-electron chi connectivity index (χ0n) is 10.4. The minimum atomic E-state index is -0.690. The van der Waals surface area contributed by atoms with Gasteiger partial charge in [0.15, 0.2) is 0 Å². The highest BCUT2D eigenvalue weighted by Gasteiger charge is 2.33. The molecule has 0 spiro atoms. The van der Waals surface area contributed by atoms with Crippen molar-refractivity contribution in [2.45, 2.75) is 37.6 Å². The maximum Gasteiger partial charge on any atom is 0.252 e. The lowest BCUT2D eigenvalue weighted by atomic mass is 9.82. The predicted octanol–water partition coefficient (Wildman–Crippen LogP) is 4.17. The molecule has 3 nitrogen and oxygen atoms in total. The highest BCUT2D eigenvalue weighted by atomic mass is 79.9. The normalized spacial score (nSPS) is 17.5. The van der Waals surface area contributed by atoms with Gasteiger partial charge in [0.1, 0.15) is 5.54 Å². The Balaban J connectivity index is 2.18. The number of hydrogen-bond acceptors (Lipinski definition) is 2. The number of hydrogen-bond donors (Lipinski definition) is 1. The summed E-state index contributed by atoms with van der Waals surface area (Å²) in [4.78, 5) is 12.3. The van der Waals surface area contributed by atoms with Gasteiger partial charge >= 0.3 is 0 Å². The van der Waals surface area contributed by atoms with Gasteiger partial charge in [-0.05, 0) is 31.0 Å². The Kier molecular flexibility index (Phi) is 4.64. The molecule has 5 heteroatoms. The summed E-state index contributed by atoms with van der Waals surface area (Å²) in [7, 11) is 0. The van der Waals surface area contributed by atoms with E-state index in [9.17, 15) is 10.1 Å². The number of nitrogens with one attached hydrogen (secondary N) is 1. The molecule has 1 amide bonds. The van der Waals surface area contributed by atoms with Crippen molar-refractivity contribution in [1.82, 2.24) is 5.32 Å². The molecule has 1 aromatic rings. The molecule has 1 aliphatic carbocycles. The van der Waals surface area contributed by atoms with Gasteiger partial charge in [-0.15, -0.1) is 0 Å². The van der Waals surface area contributed by atoms with Crippen molar-refractivity contribution in [2.75, 3.05) is 0 Å². The lowest BCUT2D eigenvalue weighted by Gasteiger charge is -2.31. The van der Waals surface area contributed by atoms with Gasteiger partial charge in [-0.2, -0.15) is 5.26 Å². The molecule has 0 saturated heterocycles. The Hall–Kier alpha value is -0.860. The minimum Gasteiger partial charge on any atom is -0.334 e. The van der Waals surface area contributed by atoms with Crippen LogP contribution >= 0.6 is 31.9 Å². The van der Waals surface area contributed by atoms with Crippen molar-refractivity contribution in [3.63, 3.8) is 0 Å². The van der Waals surface area contributed by atoms with E-state index in [4.69, 9.17) is 0 Å². The van der Waals surface area contributed by atoms with Crippen molar-refractivity contribution < 1.29 is 4.79 Å². The number of carbonyl (C=O) groups excluding carboxylic acids is 1. The Morgan fingerprint density at radius 3 is 2.26 bits per heavy atom. The molecular formula is C14H14Br2N2O. The maximum absolute atomic E-state index is 12.3. The summed E-state index contributed by atoms with van der Waals surface area (Å²) in [5.74, 6) is -0.189. The fraction of sp³-hybridized carbons (Fsp3) is 0.429. The van der Waals surface area contributed by atoms with Crippen LogP contribution in [0.1, 0.15) is 42.5 Å². The van der Waals surface area contributed by atoms with E-state index < -0.39 is 5.54 Å². The summed E-state index contributed by atoms with van der Waals surface area (Å²) in [6.45, 7) is 0. The Bertz CT molecular complexity index is 510. The van der Waals surface area contributed by atoms with E-state index in [1.54, 1.807) is 12.1 Å². The lowest BCUT2D eigenvalue weighted by molar-refractivity contribution is 0.0902. The molecule has 1 fully saturated rings. The number of amides is 1. The van der Waals surface area contributed by atoms with Gasteiger partial charge in [0.2, 0.25) is 0 Å². The zero-order valence-corrected chi connectivity index (χ0v) is 13.6. The first-order valence-electron chi connectivity index (χ1n) is 6.24. The highest BCUT2D eigenvalue weighted by Crippen LogP contribution is 2.28. The van der Waals surface area contributed by atoms with Crippen LogP contribution in [0, 0.1) is 11.3 Å². The second-order valence-electron chi connectivity index (χ2n) is 4.87. The first-order valence-corrected chi connectivity index (χ1v) is 7.83. The quantitative estimate of drug-likeness (QED) is 0.830. The molecule has 19 heavy (non-hydrogen) atoms. The summed E-state index contributed by atoms with van der Waals surface area (Å²) in [6.07, 6.45) is 4.61. The minimum absolute atomic E-state index is 0.189. The van der Waals surface area contributed by atoms with Crippen LogP contribution in [-0.4, -0.2) is 11.4 Å². The average molecular weight is 386 g/mol. The molecule has 0 aromatic heterocycles. The lowest BCUT2D eigenvalue weighted by Crippen LogP contribution is -2.48. The molecular weight excluding hydrogens is 372 g/mol. The summed E-state index contributed by atoms with van der Waals surface area (Å²) < 4.78 is 1.67. The molecule has 1 saturated carbocycles. The number of rotatable bonds is 2. The Morgan fingerprint density at radius 2 is 1.74 bits per heavy atom. The van der Waals surface area contributed by atoms with Crippen molar-refractivity contribution >= 4 is 37.8 Å². The van der Waals surface area contributed by atoms with E-state index >= 15 is 0 Å². The van der Waals surface area contributed by atoms with E-state index in [2.05, 4.69) is 43.2 Å². The number of halogens is 2. The van der Waals surface area contributed by atoms with E-state index in [0.29, 0.717) is 5.56 Å². The largest absolute Gasteiger partial charge is 0.334 e. The molecule has 1 aromatic carbocycles. The van der Waals surface area contributed by atoms with Crippen molar-refractivity contribution in [2.24, 2.45) is 0 Å². The van der Waals surface area contributed by atoms with Crippen LogP contribution < -0.4 is 5.32 Å². The molecule has 100 valence electrons. The average Bonchev–Trinajstić information content (AvgIpc) is 2.38. The fourth-order valence-corrected chi connectivity index (χ4v) is 3.69. The second kappa shape index (κ2) is 6.06. The summed E-state index contributed by atoms with van der Waals surface area (Å²) >= 11 is 6.72. The zero-order chi connectivity index (χ0) is 13.9. The molecule has 0 heterocycles. The summed E-state index contributed by atoms with van der Waals surface area (Å²) in [5.41, 5.74) is -0.133. The molecule has 0 radical (unpaired) electrons. The van der Waals surface area contributed by atoms with Crippen molar-refractivity contribution in [3.8, 4) is 6.07 Å². The fourth-order valence-electron chi connectivity index (χ4n) is 2.39. The van der Waals surface area contributed by atoms with Crippen LogP contribution in [0.2, 0.25) is 0 Å². The second-order valence-corrected chi connectivity index (χ2v) is 6.70. The number of nitrogens with zero attached hydrogens (tertiary/aromatic N) is 1. The van der Waals surface area contributed by atoms with Crippen LogP contribution in [0.5, 0.6) is 0 Å². The summed E-state index contributed by atoms with van der Waals surface area (Å²) in [6, 6.07) is 7.68. The van der Waals surface area contributed by atoms with Gasteiger partial charge in [-0.3, -0.25) is 4.79 Å². The third-order valence-electron chi connectivity index (χ3n) is 3.40. The van der Waals surface area contributed by atoms with Gasteiger partial charge in [0.05, 0.1) is 6.07 Å². The van der Waals surface area contributed by atoms with E-state index in [0.717, 1.165) is 41.0 Å². The maximum atomic E-state index is 12.3. The summed E-state index contributed by atoms with van der Waals surface area (Å²) in [5, 5.41) is 12.3. The third kappa shape index (κ3) is 3.58. The molecule has 0 atom stereocenters. The standard InChI is InChI=1S/C14H14Br2N2O/c15-11-6-10(7-12(16)8-11)13(19)18-14(9-17)4-2-1-3-5-14/h6-8H,1-5H2,(H,18,19). The van der Waals surface area contributed by atoms with Gasteiger partial charge in [-0.25, -0.2) is 0 Å². The van der Waals surface area contributed by atoms with E-state index in [1.807, 2.05) is 6.07 Å². The van der Waals surface area contributed by atoms with Crippen LogP contribution in [0.4, 0.5) is 0 Å². The van der Waals surface area contributed by atoms with E-state index in [1.165, 1.54) is 0 Å². The molecule has 0 aliphatic heterocycles. The monoisotopic (exact) mass is 384 g/mol. The van der Waals surface area contributed by atoms with Crippen LogP contribution in [-0.2, 0) is 0 Å². The van der Waals surface area contributed by atoms with Gasteiger partial charge in [-0.1, -0.05) is 51.1 Å². The van der Waals surface area contributed by atoms with Gasteiger partial charge in [0, 0.05) is 14.5 Å².